The molecule has 0 spiro atoms. The fourth-order valence-corrected chi connectivity index (χ4v) is 1.61. The Hall–Kier alpha value is -0.820. The number of hydrogen-bond donors (Lipinski definition) is 1. The summed E-state index contributed by atoms with van der Waals surface area (Å²) in [5, 5.41) is 3.36. The molecule has 0 saturated carbocycles. The van der Waals surface area contributed by atoms with Crippen LogP contribution in [0.25, 0.3) is 0 Å². The average molecular weight is 146 g/mol. The summed E-state index contributed by atoms with van der Waals surface area (Å²) in [6.45, 7) is 2.31. The van der Waals surface area contributed by atoms with E-state index in [-0.39, 0.29) is 0 Å². The van der Waals surface area contributed by atoms with E-state index in [1.165, 1.54) is 18.5 Å². The minimum atomic E-state index is 0.740. The maximum Gasteiger partial charge on any atom is 0.00206 e. The maximum absolute atomic E-state index is 3.36. The lowest BCUT2D eigenvalue weighted by atomic mass is 9.99. The molecular formula is C10H12N. The lowest BCUT2D eigenvalue weighted by Crippen LogP contribution is -2.07. The molecule has 0 unspecified atom stereocenters. The van der Waals surface area contributed by atoms with E-state index in [0.717, 1.165) is 12.5 Å². The molecule has 1 radical (unpaired) electrons. The van der Waals surface area contributed by atoms with E-state index in [9.17, 15) is 0 Å². The first-order valence-corrected chi connectivity index (χ1v) is 4.13. The third kappa shape index (κ3) is 1.43. The van der Waals surface area contributed by atoms with Crippen molar-refractivity contribution >= 4 is 0 Å². The predicted molar refractivity (Wildman–Crippen MR) is 45.5 cm³/mol. The molecule has 11 heavy (non-hydrogen) atoms. The number of rotatable bonds is 1. The third-order valence-electron chi connectivity index (χ3n) is 2.28. The second-order valence-corrected chi connectivity index (χ2v) is 3.02. The van der Waals surface area contributed by atoms with Gasteiger partial charge >= 0.3 is 0 Å². The summed E-state index contributed by atoms with van der Waals surface area (Å²) >= 11 is 0. The normalized spacial score (nSPS) is 23.8. The quantitative estimate of drug-likeness (QED) is 0.634. The zero-order valence-electron chi connectivity index (χ0n) is 6.51. The molecule has 1 heterocycles. The van der Waals surface area contributed by atoms with Gasteiger partial charge in [-0.2, -0.15) is 0 Å². The highest BCUT2D eigenvalue weighted by atomic mass is 14.9. The number of benzene rings is 1. The highest BCUT2D eigenvalue weighted by Gasteiger charge is 2.15. The van der Waals surface area contributed by atoms with Crippen LogP contribution in [-0.4, -0.2) is 13.1 Å². The van der Waals surface area contributed by atoms with Crippen LogP contribution in [0.2, 0.25) is 0 Å². The fraction of sp³-hybridized carbons (Fsp3) is 0.400. The van der Waals surface area contributed by atoms with Crippen LogP contribution < -0.4 is 5.32 Å². The van der Waals surface area contributed by atoms with E-state index in [1.807, 2.05) is 12.1 Å². The van der Waals surface area contributed by atoms with Crippen LogP contribution >= 0.6 is 0 Å². The summed E-state index contributed by atoms with van der Waals surface area (Å²) in [6.07, 6.45) is 1.28. The van der Waals surface area contributed by atoms with E-state index >= 15 is 0 Å². The number of nitrogens with one attached hydrogen (secondary N) is 1. The van der Waals surface area contributed by atoms with Crippen molar-refractivity contribution in [3.63, 3.8) is 0 Å². The van der Waals surface area contributed by atoms with Crippen LogP contribution in [-0.2, 0) is 0 Å². The molecule has 1 aliphatic heterocycles. The molecule has 1 saturated heterocycles. The molecule has 57 valence electrons. The van der Waals surface area contributed by atoms with Gasteiger partial charge in [0.15, 0.2) is 0 Å². The summed E-state index contributed by atoms with van der Waals surface area (Å²) in [7, 11) is 0. The predicted octanol–water partition coefficient (Wildman–Crippen LogP) is 1.56. The van der Waals surface area contributed by atoms with Crippen molar-refractivity contribution < 1.29 is 0 Å². The maximum atomic E-state index is 3.36. The van der Waals surface area contributed by atoms with Gasteiger partial charge in [-0.15, -0.1) is 0 Å². The largest absolute Gasteiger partial charge is 0.316 e. The van der Waals surface area contributed by atoms with Crippen molar-refractivity contribution in [2.45, 2.75) is 12.3 Å². The van der Waals surface area contributed by atoms with Crippen molar-refractivity contribution in [2.75, 3.05) is 13.1 Å². The van der Waals surface area contributed by atoms with Crippen LogP contribution in [0.3, 0.4) is 0 Å². The van der Waals surface area contributed by atoms with Crippen LogP contribution in [0.5, 0.6) is 0 Å². The van der Waals surface area contributed by atoms with E-state index in [1.54, 1.807) is 0 Å². The molecule has 1 nitrogen and oxygen atoms in total. The Morgan fingerprint density at radius 2 is 2.18 bits per heavy atom. The SMILES string of the molecule is [c]1ccc([C@@H]2CCNC2)cc1. The summed E-state index contributed by atoms with van der Waals surface area (Å²) in [4.78, 5) is 0. The Morgan fingerprint density at radius 3 is 2.82 bits per heavy atom. The Kier molecular flexibility index (Phi) is 1.91. The van der Waals surface area contributed by atoms with Crippen LogP contribution in [0.15, 0.2) is 24.3 Å². The van der Waals surface area contributed by atoms with Crippen molar-refractivity contribution in [2.24, 2.45) is 0 Å². The lowest BCUT2D eigenvalue weighted by Gasteiger charge is -2.06. The molecule has 1 aromatic rings. The van der Waals surface area contributed by atoms with Gasteiger partial charge in [-0.25, -0.2) is 0 Å². The zero-order chi connectivity index (χ0) is 7.52. The Bertz CT molecular complexity index is 212. The van der Waals surface area contributed by atoms with Gasteiger partial charge in [0, 0.05) is 6.54 Å². The van der Waals surface area contributed by atoms with Gasteiger partial charge in [-0.05, 0) is 30.5 Å². The Balaban J connectivity index is 2.16. The van der Waals surface area contributed by atoms with Gasteiger partial charge in [0.05, 0.1) is 0 Å². The molecular weight excluding hydrogens is 134 g/mol. The van der Waals surface area contributed by atoms with Crippen molar-refractivity contribution in [3.8, 4) is 0 Å². The fourth-order valence-electron chi connectivity index (χ4n) is 1.61. The lowest BCUT2D eigenvalue weighted by molar-refractivity contribution is 0.763. The second kappa shape index (κ2) is 3.05. The smallest absolute Gasteiger partial charge is 0.00206 e. The van der Waals surface area contributed by atoms with Crippen LogP contribution in [0.1, 0.15) is 17.9 Å². The van der Waals surface area contributed by atoms with Crippen molar-refractivity contribution in [1.29, 1.82) is 0 Å². The molecule has 1 aromatic carbocycles. The first kappa shape index (κ1) is 6.86. The standard InChI is InChI=1S/C10H12N/c1-2-4-9(5-3-1)10-6-7-11-8-10/h2-5,10-11H,6-8H2/t10-/m1/s1. The van der Waals surface area contributed by atoms with Gasteiger partial charge in [-0.3, -0.25) is 0 Å². The number of hydrogen-bond acceptors (Lipinski definition) is 1. The zero-order valence-corrected chi connectivity index (χ0v) is 6.51. The molecule has 0 amide bonds. The summed E-state index contributed by atoms with van der Waals surface area (Å²) in [5.41, 5.74) is 1.45. The Morgan fingerprint density at radius 1 is 1.36 bits per heavy atom. The molecule has 1 atom stereocenters. The van der Waals surface area contributed by atoms with Gasteiger partial charge in [0.1, 0.15) is 0 Å². The van der Waals surface area contributed by atoms with E-state index < -0.39 is 0 Å². The molecule has 2 rings (SSSR count). The first-order valence-electron chi connectivity index (χ1n) is 4.13. The van der Waals surface area contributed by atoms with Crippen LogP contribution in [0.4, 0.5) is 0 Å². The molecule has 1 aliphatic rings. The van der Waals surface area contributed by atoms with Gasteiger partial charge < -0.3 is 5.32 Å². The Labute approximate surface area is 67.4 Å². The topological polar surface area (TPSA) is 12.0 Å². The minimum Gasteiger partial charge on any atom is -0.316 e. The monoisotopic (exact) mass is 146 g/mol. The highest BCUT2D eigenvalue weighted by Crippen LogP contribution is 2.20. The van der Waals surface area contributed by atoms with E-state index in [0.29, 0.717) is 0 Å². The molecule has 0 aromatic heterocycles. The minimum absolute atomic E-state index is 0.740. The summed E-state index contributed by atoms with van der Waals surface area (Å²) in [5.74, 6) is 0.740. The van der Waals surface area contributed by atoms with E-state index in [2.05, 4.69) is 23.5 Å². The summed E-state index contributed by atoms with van der Waals surface area (Å²) < 4.78 is 0. The van der Waals surface area contributed by atoms with Crippen LogP contribution in [0, 0.1) is 6.07 Å². The first-order chi connectivity index (χ1) is 5.47. The van der Waals surface area contributed by atoms with Crippen molar-refractivity contribution in [3.05, 3.63) is 35.9 Å². The van der Waals surface area contributed by atoms with E-state index in [4.69, 9.17) is 0 Å². The molecule has 0 bridgehead atoms. The molecule has 1 fully saturated rings. The summed E-state index contributed by atoms with van der Waals surface area (Å²) in [6, 6.07) is 11.4. The molecule has 1 N–H and O–H groups in total. The molecule has 0 aliphatic carbocycles. The highest BCUT2D eigenvalue weighted by molar-refractivity contribution is 5.20. The van der Waals surface area contributed by atoms with Gasteiger partial charge in [0.25, 0.3) is 0 Å². The van der Waals surface area contributed by atoms with Crippen molar-refractivity contribution in [1.82, 2.24) is 5.32 Å². The third-order valence-corrected chi connectivity index (χ3v) is 2.28. The second-order valence-electron chi connectivity index (χ2n) is 3.02. The van der Waals surface area contributed by atoms with Gasteiger partial charge in [0.2, 0.25) is 0 Å². The van der Waals surface area contributed by atoms with Gasteiger partial charge in [-0.1, -0.05) is 24.3 Å². The molecule has 1 heteroatoms. The average Bonchev–Trinajstić information content (AvgIpc) is 2.58.